The van der Waals surface area contributed by atoms with Crippen molar-refractivity contribution in [1.29, 1.82) is 0 Å². The first-order valence-electron chi connectivity index (χ1n) is 7.23. The quantitative estimate of drug-likeness (QED) is 0.844. The zero-order valence-electron chi connectivity index (χ0n) is 12.6. The molecule has 0 aliphatic heterocycles. The van der Waals surface area contributed by atoms with Crippen LogP contribution in [0.15, 0.2) is 64.0 Å². The second-order valence-electron chi connectivity index (χ2n) is 5.85. The molecule has 2 N–H and O–H groups in total. The van der Waals surface area contributed by atoms with Gasteiger partial charge in [0.1, 0.15) is 0 Å². The van der Waals surface area contributed by atoms with E-state index in [1.54, 1.807) is 30.3 Å². The van der Waals surface area contributed by atoms with Crippen molar-refractivity contribution in [3.63, 3.8) is 0 Å². The molecule has 23 heavy (non-hydrogen) atoms. The molecule has 0 radical (unpaired) electrons. The molecule has 4 nitrogen and oxygen atoms in total. The molecular formula is C17H18BrNO3S. The molecule has 0 spiro atoms. The molecule has 3 rings (SSSR count). The van der Waals surface area contributed by atoms with E-state index in [4.69, 9.17) is 10.5 Å². The fourth-order valence-corrected chi connectivity index (χ4v) is 5.80. The average Bonchev–Trinajstić information content (AvgIpc) is 3.15. The predicted octanol–water partition coefficient (Wildman–Crippen LogP) is 2.73. The molecule has 3 atom stereocenters. The average molecular weight is 396 g/mol. The summed E-state index contributed by atoms with van der Waals surface area (Å²) in [4.78, 5) is 0.301. The van der Waals surface area contributed by atoms with Gasteiger partial charge in [0.2, 0.25) is 0 Å². The van der Waals surface area contributed by atoms with E-state index in [1.165, 1.54) is 7.11 Å². The fraction of sp³-hybridized carbons (Fsp3) is 0.294. The summed E-state index contributed by atoms with van der Waals surface area (Å²) in [5.41, 5.74) is 6.43. The maximum atomic E-state index is 13.0. The van der Waals surface area contributed by atoms with Crippen molar-refractivity contribution in [2.45, 2.75) is 21.6 Å². The summed E-state index contributed by atoms with van der Waals surface area (Å²) < 4.78 is 32.1. The summed E-state index contributed by atoms with van der Waals surface area (Å²) in [7, 11) is -1.98. The van der Waals surface area contributed by atoms with Gasteiger partial charge in [-0.25, -0.2) is 8.42 Å². The lowest BCUT2D eigenvalue weighted by Gasteiger charge is -2.11. The number of benzene rings is 2. The van der Waals surface area contributed by atoms with Gasteiger partial charge in [-0.1, -0.05) is 46.3 Å². The van der Waals surface area contributed by atoms with Gasteiger partial charge < -0.3 is 10.5 Å². The highest BCUT2D eigenvalue weighted by Crippen LogP contribution is 2.55. The number of sulfone groups is 1. The largest absolute Gasteiger partial charge is 0.383 e. The monoisotopic (exact) mass is 395 g/mol. The van der Waals surface area contributed by atoms with Crippen molar-refractivity contribution in [2.24, 2.45) is 5.73 Å². The van der Waals surface area contributed by atoms with E-state index in [2.05, 4.69) is 15.9 Å². The Morgan fingerprint density at radius 2 is 1.74 bits per heavy atom. The second-order valence-corrected chi connectivity index (χ2v) is 8.84. The van der Waals surface area contributed by atoms with E-state index in [0.29, 0.717) is 4.90 Å². The molecule has 6 heteroatoms. The van der Waals surface area contributed by atoms with Crippen LogP contribution in [0.25, 0.3) is 0 Å². The lowest BCUT2D eigenvalue weighted by molar-refractivity contribution is 0.171. The first-order chi connectivity index (χ1) is 10.9. The van der Waals surface area contributed by atoms with Crippen LogP contribution in [0, 0.1) is 0 Å². The van der Waals surface area contributed by atoms with E-state index >= 15 is 0 Å². The molecule has 0 heterocycles. The number of nitrogens with two attached hydrogens (primary N) is 1. The molecule has 2 aromatic rings. The topological polar surface area (TPSA) is 69.4 Å². The minimum Gasteiger partial charge on any atom is -0.383 e. The maximum absolute atomic E-state index is 13.0. The fourth-order valence-electron chi connectivity index (χ4n) is 3.22. The molecule has 1 fully saturated rings. The summed E-state index contributed by atoms with van der Waals surface area (Å²) in [5.74, 6) is -0.277. The summed E-state index contributed by atoms with van der Waals surface area (Å²) in [6.45, 7) is 0.199. The van der Waals surface area contributed by atoms with Crippen LogP contribution in [0.1, 0.15) is 11.5 Å². The van der Waals surface area contributed by atoms with Gasteiger partial charge in [0.05, 0.1) is 22.3 Å². The number of ether oxygens (including phenoxy) is 1. The number of hydrogen-bond acceptors (Lipinski definition) is 4. The van der Waals surface area contributed by atoms with Gasteiger partial charge in [-0.3, -0.25) is 0 Å². The van der Waals surface area contributed by atoms with E-state index in [9.17, 15) is 8.42 Å². The standard InChI is InChI=1S/C17H18BrNO3S/c1-22-11-17(19)15(12-7-9-13(18)10-8-12)16(17)23(20,21)14-5-3-2-4-6-14/h2-10,15-16H,11,19H2,1H3. The Bertz CT molecular complexity index is 792. The smallest absolute Gasteiger partial charge is 0.183 e. The normalized spacial score (nSPS) is 26.9. The van der Waals surface area contributed by atoms with Gasteiger partial charge >= 0.3 is 0 Å². The van der Waals surface area contributed by atoms with Gasteiger partial charge in [-0.2, -0.15) is 0 Å². The van der Waals surface area contributed by atoms with Crippen LogP contribution in [0.4, 0.5) is 0 Å². The maximum Gasteiger partial charge on any atom is 0.183 e. The summed E-state index contributed by atoms with van der Waals surface area (Å²) in [5, 5.41) is -0.682. The van der Waals surface area contributed by atoms with Gasteiger partial charge in [0.25, 0.3) is 0 Å². The molecule has 0 saturated heterocycles. The number of halogens is 1. The third-order valence-electron chi connectivity index (χ3n) is 4.33. The summed E-state index contributed by atoms with van der Waals surface area (Å²) >= 11 is 3.39. The van der Waals surface area contributed by atoms with Gasteiger partial charge in [-0.15, -0.1) is 0 Å². The van der Waals surface area contributed by atoms with Crippen LogP contribution in [0.5, 0.6) is 0 Å². The molecule has 0 aromatic heterocycles. The highest BCUT2D eigenvalue weighted by atomic mass is 79.9. The second kappa shape index (κ2) is 6.02. The highest BCUT2D eigenvalue weighted by Gasteiger charge is 2.69. The van der Waals surface area contributed by atoms with Gasteiger partial charge in [-0.05, 0) is 29.8 Å². The van der Waals surface area contributed by atoms with Crippen LogP contribution in [0.2, 0.25) is 0 Å². The molecule has 1 saturated carbocycles. The van der Waals surface area contributed by atoms with Crippen LogP contribution in [-0.4, -0.2) is 32.9 Å². The first-order valence-corrected chi connectivity index (χ1v) is 9.57. The minimum atomic E-state index is -3.52. The Morgan fingerprint density at radius 1 is 1.13 bits per heavy atom. The van der Waals surface area contributed by atoms with Gasteiger partial charge in [0.15, 0.2) is 9.84 Å². The Balaban J connectivity index is 2.01. The van der Waals surface area contributed by atoms with Gasteiger partial charge in [0, 0.05) is 17.5 Å². The molecule has 1 aliphatic rings. The van der Waals surface area contributed by atoms with E-state index in [-0.39, 0.29) is 12.5 Å². The first kappa shape index (κ1) is 16.6. The van der Waals surface area contributed by atoms with E-state index in [0.717, 1.165) is 10.0 Å². The molecule has 2 aromatic carbocycles. The number of hydrogen-bond donors (Lipinski definition) is 1. The molecule has 122 valence electrons. The minimum absolute atomic E-state index is 0.199. The zero-order chi connectivity index (χ0) is 16.7. The lowest BCUT2D eigenvalue weighted by atomic mass is 10.1. The zero-order valence-corrected chi connectivity index (χ0v) is 15.0. The molecular weight excluding hydrogens is 378 g/mol. The van der Waals surface area contributed by atoms with Crippen molar-refractivity contribution in [3.8, 4) is 0 Å². The molecule has 0 amide bonds. The van der Waals surface area contributed by atoms with Crippen molar-refractivity contribution < 1.29 is 13.2 Å². The Kier molecular flexibility index (Phi) is 4.35. The summed E-state index contributed by atoms with van der Waals surface area (Å²) in [6.07, 6.45) is 0. The Morgan fingerprint density at radius 3 is 2.30 bits per heavy atom. The Hall–Kier alpha value is -1.21. The number of rotatable bonds is 5. The van der Waals surface area contributed by atoms with Crippen LogP contribution < -0.4 is 5.73 Å². The van der Waals surface area contributed by atoms with Crippen molar-refractivity contribution in [2.75, 3.05) is 13.7 Å². The van der Waals surface area contributed by atoms with Crippen molar-refractivity contribution in [3.05, 3.63) is 64.6 Å². The van der Waals surface area contributed by atoms with Crippen LogP contribution in [-0.2, 0) is 14.6 Å². The van der Waals surface area contributed by atoms with E-state index < -0.39 is 20.6 Å². The Labute approximate surface area is 144 Å². The molecule has 3 unspecified atom stereocenters. The van der Waals surface area contributed by atoms with Crippen molar-refractivity contribution >= 4 is 25.8 Å². The van der Waals surface area contributed by atoms with Crippen LogP contribution in [0.3, 0.4) is 0 Å². The summed E-state index contributed by atoms with van der Waals surface area (Å²) in [6, 6.07) is 16.1. The SMILES string of the molecule is COCC1(N)C(c2ccc(Br)cc2)C1S(=O)(=O)c1ccccc1. The molecule has 0 bridgehead atoms. The predicted molar refractivity (Wildman–Crippen MR) is 93.1 cm³/mol. The third-order valence-corrected chi connectivity index (χ3v) is 7.17. The third kappa shape index (κ3) is 2.85. The molecule has 1 aliphatic carbocycles. The van der Waals surface area contributed by atoms with Crippen LogP contribution >= 0.6 is 15.9 Å². The highest BCUT2D eigenvalue weighted by molar-refractivity contribution is 9.10. The lowest BCUT2D eigenvalue weighted by Crippen LogP contribution is -2.35. The number of methoxy groups -OCH3 is 1. The van der Waals surface area contributed by atoms with Crippen molar-refractivity contribution in [1.82, 2.24) is 0 Å². The van der Waals surface area contributed by atoms with E-state index in [1.807, 2.05) is 24.3 Å².